The molecule has 2 amide bonds. The monoisotopic (exact) mass is 361 g/mol. The van der Waals surface area contributed by atoms with Crippen LogP contribution < -0.4 is 10.6 Å². The fraction of sp³-hybridized carbons (Fsp3) is 0.227. The van der Waals surface area contributed by atoms with Crippen molar-refractivity contribution in [1.29, 1.82) is 0 Å². The van der Waals surface area contributed by atoms with Crippen molar-refractivity contribution >= 4 is 28.4 Å². The molecule has 1 aromatic heterocycles. The van der Waals surface area contributed by atoms with Gasteiger partial charge in [0.2, 0.25) is 5.91 Å². The Morgan fingerprint density at radius 2 is 1.70 bits per heavy atom. The second kappa shape index (κ2) is 8.45. The molecule has 1 atom stereocenters. The lowest BCUT2D eigenvalue weighted by Crippen LogP contribution is -2.37. The van der Waals surface area contributed by atoms with E-state index in [1.54, 1.807) is 6.20 Å². The molecule has 0 aliphatic heterocycles. The Labute approximate surface area is 158 Å². The van der Waals surface area contributed by atoms with Gasteiger partial charge >= 0.3 is 0 Å². The topological polar surface area (TPSA) is 71.1 Å². The number of carbonyl (C=O) groups excluding carboxylic acids is 2. The quantitative estimate of drug-likeness (QED) is 0.695. The van der Waals surface area contributed by atoms with E-state index >= 15 is 0 Å². The highest BCUT2D eigenvalue weighted by Crippen LogP contribution is 2.19. The Morgan fingerprint density at radius 3 is 2.44 bits per heavy atom. The van der Waals surface area contributed by atoms with Gasteiger partial charge in [0.25, 0.3) is 5.91 Å². The number of benzene rings is 2. The molecule has 0 spiro atoms. The van der Waals surface area contributed by atoms with Gasteiger partial charge in [-0.1, -0.05) is 62.4 Å². The van der Waals surface area contributed by atoms with Crippen LogP contribution in [-0.2, 0) is 9.59 Å². The minimum atomic E-state index is -0.760. The lowest BCUT2D eigenvalue weighted by atomic mass is 10.0. The highest BCUT2D eigenvalue weighted by molar-refractivity contribution is 5.99. The number of hydrogen-bond donors (Lipinski definition) is 2. The van der Waals surface area contributed by atoms with Crippen LogP contribution >= 0.6 is 0 Å². The van der Waals surface area contributed by atoms with Crippen molar-refractivity contribution in [2.75, 3.05) is 5.32 Å². The van der Waals surface area contributed by atoms with Crippen molar-refractivity contribution in [3.8, 4) is 0 Å². The van der Waals surface area contributed by atoms with E-state index in [4.69, 9.17) is 0 Å². The van der Waals surface area contributed by atoms with E-state index in [1.807, 2.05) is 74.5 Å². The van der Waals surface area contributed by atoms with E-state index in [0.717, 1.165) is 16.5 Å². The second-order valence-corrected chi connectivity index (χ2v) is 6.92. The average molecular weight is 361 g/mol. The van der Waals surface area contributed by atoms with Crippen molar-refractivity contribution in [3.63, 3.8) is 0 Å². The first-order valence-corrected chi connectivity index (χ1v) is 9.03. The molecule has 1 heterocycles. The van der Waals surface area contributed by atoms with Crippen molar-refractivity contribution in [3.05, 3.63) is 72.4 Å². The molecule has 2 N–H and O–H groups in total. The summed E-state index contributed by atoms with van der Waals surface area (Å²) in [5.41, 5.74) is 2.19. The first-order valence-electron chi connectivity index (χ1n) is 9.03. The largest absolute Gasteiger partial charge is 0.341 e. The lowest BCUT2D eigenvalue weighted by molar-refractivity contribution is -0.127. The molecule has 2 aromatic carbocycles. The van der Waals surface area contributed by atoms with Crippen molar-refractivity contribution in [2.24, 2.45) is 5.92 Å². The standard InChI is InChI=1S/C22H23N3O2/c1-15(2)12-20(26)25-21(16-8-4-3-5-9-16)22(27)24-18-13-17-10-6-7-11-19(17)23-14-18/h3-11,13-15,21H,12H2,1-2H3,(H,24,27)(H,25,26). The minimum absolute atomic E-state index is 0.148. The fourth-order valence-electron chi connectivity index (χ4n) is 2.89. The minimum Gasteiger partial charge on any atom is -0.341 e. The van der Waals surface area contributed by atoms with Crippen LogP contribution in [0.15, 0.2) is 66.9 Å². The predicted octanol–water partition coefficient (Wildman–Crippen LogP) is 4.08. The van der Waals surface area contributed by atoms with Gasteiger partial charge in [0, 0.05) is 11.8 Å². The Kier molecular flexibility index (Phi) is 5.81. The average Bonchev–Trinajstić information content (AvgIpc) is 2.66. The summed E-state index contributed by atoms with van der Waals surface area (Å²) >= 11 is 0. The molecule has 0 radical (unpaired) electrons. The summed E-state index contributed by atoms with van der Waals surface area (Å²) in [4.78, 5) is 29.5. The number of nitrogens with zero attached hydrogens (tertiary/aromatic N) is 1. The van der Waals surface area contributed by atoms with Crippen LogP contribution in [0.5, 0.6) is 0 Å². The first kappa shape index (κ1) is 18.6. The highest BCUT2D eigenvalue weighted by atomic mass is 16.2. The number of hydrogen-bond acceptors (Lipinski definition) is 3. The summed E-state index contributed by atoms with van der Waals surface area (Å²) in [6.45, 7) is 3.94. The number of aromatic nitrogens is 1. The molecule has 1 unspecified atom stereocenters. The first-order chi connectivity index (χ1) is 13.0. The third-order valence-electron chi connectivity index (χ3n) is 4.15. The van der Waals surface area contributed by atoms with Gasteiger partial charge in [-0.2, -0.15) is 0 Å². The van der Waals surface area contributed by atoms with E-state index in [1.165, 1.54) is 0 Å². The van der Waals surface area contributed by atoms with Crippen molar-refractivity contribution < 1.29 is 9.59 Å². The normalized spacial score (nSPS) is 12.0. The maximum atomic E-state index is 12.9. The highest BCUT2D eigenvalue weighted by Gasteiger charge is 2.23. The summed E-state index contributed by atoms with van der Waals surface area (Å²) in [5.74, 6) is -0.227. The van der Waals surface area contributed by atoms with Gasteiger partial charge in [0.1, 0.15) is 6.04 Å². The summed E-state index contributed by atoms with van der Waals surface area (Å²) in [7, 11) is 0. The Morgan fingerprint density at radius 1 is 1.00 bits per heavy atom. The fourth-order valence-corrected chi connectivity index (χ4v) is 2.89. The molecule has 0 bridgehead atoms. The number of anilines is 1. The summed E-state index contributed by atoms with van der Waals surface area (Å²) in [6, 6.07) is 18.1. The van der Waals surface area contributed by atoms with Crippen molar-refractivity contribution in [1.82, 2.24) is 10.3 Å². The van der Waals surface area contributed by atoms with E-state index in [9.17, 15) is 9.59 Å². The lowest BCUT2D eigenvalue weighted by Gasteiger charge is -2.19. The molecule has 0 aliphatic rings. The molecule has 27 heavy (non-hydrogen) atoms. The molecular weight excluding hydrogens is 338 g/mol. The molecule has 0 fully saturated rings. The van der Waals surface area contributed by atoms with Gasteiger partial charge in [-0.15, -0.1) is 0 Å². The Hall–Kier alpha value is -3.21. The van der Waals surface area contributed by atoms with Gasteiger partial charge in [-0.3, -0.25) is 14.6 Å². The maximum absolute atomic E-state index is 12.9. The smallest absolute Gasteiger partial charge is 0.251 e. The summed E-state index contributed by atoms with van der Waals surface area (Å²) in [6.07, 6.45) is 1.99. The van der Waals surface area contributed by atoms with Crippen LogP contribution in [0, 0.1) is 5.92 Å². The van der Waals surface area contributed by atoms with Crippen LogP contribution in [0.3, 0.4) is 0 Å². The molecule has 0 saturated heterocycles. The van der Waals surface area contributed by atoms with Crippen LogP contribution in [-0.4, -0.2) is 16.8 Å². The molecule has 3 rings (SSSR count). The van der Waals surface area contributed by atoms with Gasteiger partial charge < -0.3 is 10.6 Å². The molecule has 0 saturated carbocycles. The number of carbonyl (C=O) groups is 2. The van der Waals surface area contributed by atoms with Crippen LogP contribution in [0.1, 0.15) is 31.9 Å². The number of rotatable bonds is 6. The molecule has 138 valence electrons. The van der Waals surface area contributed by atoms with Crippen molar-refractivity contribution in [2.45, 2.75) is 26.3 Å². The van der Waals surface area contributed by atoms with Crippen LogP contribution in [0.4, 0.5) is 5.69 Å². The molecule has 5 nitrogen and oxygen atoms in total. The molecule has 0 aliphatic carbocycles. The number of para-hydroxylation sites is 1. The van der Waals surface area contributed by atoms with Gasteiger partial charge in [-0.05, 0) is 23.6 Å². The Bertz CT molecular complexity index is 938. The number of nitrogens with one attached hydrogen (secondary N) is 2. The third-order valence-corrected chi connectivity index (χ3v) is 4.15. The zero-order valence-electron chi connectivity index (χ0n) is 15.5. The van der Waals surface area contributed by atoms with Crippen LogP contribution in [0.2, 0.25) is 0 Å². The SMILES string of the molecule is CC(C)CC(=O)NC(C(=O)Nc1cnc2ccccc2c1)c1ccccc1. The molecular formula is C22H23N3O2. The number of fused-ring (bicyclic) bond motifs is 1. The predicted molar refractivity (Wildman–Crippen MR) is 107 cm³/mol. The van der Waals surface area contributed by atoms with E-state index in [0.29, 0.717) is 12.1 Å². The summed E-state index contributed by atoms with van der Waals surface area (Å²) in [5, 5.41) is 6.67. The maximum Gasteiger partial charge on any atom is 0.251 e. The summed E-state index contributed by atoms with van der Waals surface area (Å²) < 4.78 is 0. The van der Waals surface area contributed by atoms with Gasteiger partial charge in [-0.25, -0.2) is 0 Å². The number of pyridine rings is 1. The molecule has 5 heteroatoms. The van der Waals surface area contributed by atoms with E-state index in [-0.39, 0.29) is 17.7 Å². The van der Waals surface area contributed by atoms with Crippen LogP contribution in [0.25, 0.3) is 10.9 Å². The Balaban J connectivity index is 1.82. The van der Waals surface area contributed by atoms with Gasteiger partial charge in [0.15, 0.2) is 0 Å². The van der Waals surface area contributed by atoms with E-state index in [2.05, 4.69) is 15.6 Å². The second-order valence-electron chi connectivity index (χ2n) is 6.92. The molecule has 3 aromatic rings. The number of amides is 2. The van der Waals surface area contributed by atoms with Gasteiger partial charge in [0.05, 0.1) is 17.4 Å². The zero-order valence-corrected chi connectivity index (χ0v) is 15.5. The zero-order chi connectivity index (χ0) is 19.2. The third kappa shape index (κ3) is 4.91. The van der Waals surface area contributed by atoms with E-state index < -0.39 is 6.04 Å².